The molecular weight excluding hydrogens is 411 g/mol. The van der Waals surface area contributed by atoms with Crippen LogP contribution < -0.4 is 5.56 Å². The van der Waals surface area contributed by atoms with E-state index in [9.17, 15) is 22.8 Å². The minimum absolute atomic E-state index is 0.104. The normalized spacial score (nSPS) is 19.7. The highest BCUT2D eigenvalue weighted by Gasteiger charge is 2.31. The molecule has 0 saturated carbocycles. The molecule has 1 aromatic carbocycles. The van der Waals surface area contributed by atoms with Gasteiger partial charge in [-0.15, -0.1) is 0 Å². The highest BCUT2D eigenvalue weighted by Crippen LogP contribution is 2.30. The van der Waals surface area contributed by atoms with Crippen molar-refractivity contribution in [3.8, 4) is 5.69 Å². The molecule has 2 unspecified atom stereocenters. The molecule has 10 heteroatoms. The maximum Gasteiger partial charge on any atom is 0.416 e. The van der Waals surface area contributed by atoms with Crippen LogP contribution in [0.2, 0.25) is 0 Å². The zero-order valence-electron chi connectivity index (χ0n) is 17.1. The number of aromatic nitrogens is 4. The molecule has 1 aliphatic rings. The van der Waals surface area contributed by atoms with Crippen molar-refractivity contribution >= 4 is 16.9 Å². The second-order valence-electron chi connectivity index (χ2n) is 7.95. The van der Waals surface area contributed by atoms with Crippen LogP contribution in [0.15, 0.2) is 41.6 Å². The van der Waals surface area contributed by atoms with Crippen LogP contribution in [0.3, 0.4) is 0 Å². The summed E-state index contributed by atoms with van der Waals surface area (Å²) in [4.78, 5) is 31.8. The van der Waals surface area contributed by atoms with Gasteiger partial charge in [-0.3, -0.25) is 14.2 Å². The second kappa shape index (κ2) is 7.82. The third-order valence-corrected chi connectivity index (χ3v) is 5.76. The van der Waals surface area contributed by atoms with Gasteiger partial charge in [-0.25, -0.2) is 9.67 Å². The van der Waals surface area contributed by atoms with Gasteiger partial charge in [-0.1, -0.05) is 6.07 Å². The van der Waals surface area contributed by atoms with E-state index in [1.807, 2.05) is 18.7 Å². The van der Waals surface area contributed by atoms with E-state index in [1.165, 1.54) is 33.9 Å². The highest BCUT2D eigenvalue weighted by atomic mass is 19.4. The van der Waals surface area contributed by atoms with Crippen molar-refractivity contribution in [2.75, 3.05) is 0 Å². The molecule has 0 N–H and O–H groups in total. The summed E-state index contributed by atoms with van der Waals surface area (Å²) in [6.07, 6.45) is 0.917. The lowest BCUT2D eigenvalue weighted by Gasteiger charge is -2.39. The maximum atomic E-state index is 13.0. The Hall–Kier alpha value is -3.17. The highest BCUT2D eigenvalue weighted by molar-refractivity contribution is 5.78. The van der Waals surface area contributed by atoms with Gasteiger partial charge >= 0.3 is 6.18 Å². The molecule has 164 valence electrons. The van der Waals surface area contributed by atoms with Crippen molar-refractivity contribution in [1.29, 1.82) is 0 Å². The molecule has 1 amide bonds. The number of carbonyl (C=O) groups is 1. The van der Waals surface area contributed by atoms with E-state index in [-0.39, 0.29) is 41.3 Å². The molecule has 31 heavy (non-hydrogen) atoms. The Kier molecular flexibility index (Phi) is 5.32. The fourth-order valence-corrected chi connectivity index (χ4v) is 4.20. The summed E-state index contributed by atoms with van der Waals surface area (Å²) in [5.41, 5.74) is -1.01. The number of carbonyl (C=O) groups excluding carboxylic acids is 1. The molecule has 0 bridgehead atoms. The predicted molar refractivity (Wildman–Crippen MR) is 108 cm³/mol. The summed E-state index contributed by atoms with van der Waals surface area (Å²) in [6, 6.07) is 4.84. The number of halogens is 3. The fraction of sp³-hybridized carbons (Fsp3) is 0.429. The van der Waals surface area contributed by atoms with Crippen LogP contribution in [0.4, 0.5) is 13.2 Å². The number of amides is 1. The molecule has 7 nitrogen and oxygen atoms in total. The number of likely N-dealkylation sites (tertiary alicyclic amines) is 1. The molecule has 1 fully saturated rings. The molecule has 2 aromatic heterocycles. The van der Waals surface area contributed by atoms with E-state index in [0.29, 0.717) is 0 Å². The van der Waals surface area contributed by atoms with Gasteiger partial charge in [0.2, 0.25) is 5.91 Å². The summed E-state index contributed by atoms with van der Waals surface area (Å²) in [5.74, 6) is -0.159. The molecular formula is C21H22F3N5O2. The average molecular weight is 433 g/mol. The zero-order chi connectivity index (χ0) is 22.3. The van der Waals surface area contributed by atoms with Gasteiger partial charge in [0.15, 0.2) is 5.65 Å². The van der Waals surface area contributed by atoms with Crippen LogP contribution in [0.1, 0.15) is 38.7 Å². The van der Waals surface area contributed by atoms with E-state index in [1.54, 1.807) is 0 Å². The van der Waals surface area contributed by atoms with Crippen LogP contribution >= 0.6 is 0 Å². The first-order valence-corrected chi connectivity index (χ1v) is 10.1. The number of rotatable bonds is 3. The van der Waals surface area contributed by atoms with Gasteiger partial charge in [-0.2, -0.15) is 18.3 Å². The minimum atomic E-state index is -4.50. The van der Waals surface area contributed by atoms with E-state index < -0.39 is 17.3 Å². The minimum Gasteiger partial charge on any atom is -0.336 e. The number of piperidine rings is 1. The molecule has 2 atom stereocenters. The lowest BCUT2D eigenvalue weighted by molar-refractivity contribution is -0.138. The topological polar surface area (TPSA) is 73.0 Å². The van der Waals surface area contributed by atoms with Gasteiger partial charge in [0.25, 0.3) is 5.56 Å². The zero-order valence-corrected chi connectivity index (χ0v) is 17.1. The number of alkyl halides is 3. The van der Waals surface area contributed by atoms with Crippen molar-refractivity contribution in [1.82, 2.24) is 24.2 Å². The average Bonchev–Trinajstić information content (AvgIpc) is 3.14. The Morgan fingerprint density at radius 2 is 1.90 bits per heavy atom. The molecule has 1 aliphatic heterocycles. The number of fused-ring (bicyclic) bond motifs is 1. The largest absolute Gasteiger partial charge is 0.416 e. The van der Waals surface area contributed by atoms with Gasteiger partial charge in [0.1, 0.15) is 18.3 Å². The summed E-state index contributed by atoms with van der Waals surface area (Å²) < 4.78 is 41.5. The van der Waals surface area contributed by atoms with Gasteiger partial charge in [0.05, 0.1) is 17.4 Å². The molecule has 1 saturated heterocycles. The monoisotopic (exact) mass is 433 g/mol. The summed E-state index contributed by atoms with van der Waals surface area (Å²) in [6.45, 7) is 3.85. The molecule has 0 radical (unpaired) electrons. The number of benzene rings is 1. The third-order valence-electron chi connectivity index (χ3n) is 5.76. The van der Waals surface area contributed by atoms with E-state index in [2.05, 4.69) is 10.1 Å². The first-order chi connectivity index (χ1) is 14.7. The Balaban J connectivity index is 1.66. The van der Waals surface area contributed by atoms with Crippen LogP contribution in [0.5, 0.6) is 0 Å². The Morgan fingerprint density at radius 1 is 1.19 bits per heavy atom. The smallest absolute Gasteiger partial charge is 0.336 e. The van der Waals surface area contributed by atoms with E-state index in [4.69, 9.17) is 0 Å². The van der Waals surface area contributed by atoms with Gasteiger partial charge in [0, 0.05) is 12.1 Å². The summed E-state index contributed by atoms with van der Waals surface area (Å²) >= 11 is 0. The van der Waals surface area contributed by atoms with Gasteiger partial charge in [-0.05, 0) is 51.3 Å². The molecule has 0 aliphatic carbocycles. The number of hydrogen-bond acceptors (Lipinski definition) is 4. The van der Waals surface area contributed by atoms with Gasteiger partial charge < -0.3 is 4.90 Å². The van der Waals surface area contributed by atoms with Crippen molar-refractivity contribution in [2.24, 2.45) is 0 Å². The van der Waals surface area contributed by atoms with Crippen LogP contribution in [-0.2, 0) is 17.5 Å². The molecule has 3 heterocycles. The van der Waals surface area contributed by atoms with Crippen molar-refractivity contribution in [3.05, 3.63) is 52.7 Å². The Labute approximate surface area is 176 Å². The lowest BCUT2D eigenvalue weighted by Crippen LogP contribution is -2.49. The Morgan fingerprint density at radius 3 is 2.58 bits per heavy atom. The molecule has 3 aromatic rings. The van der Waals surface area contributed by atoms with E-state index in [0.717, 1.165) is 31.4 Å². The van der Waals surface area contributed by atoms with E-state index >= 15 is 0 Å². The van der Waals surface area contributed by atoms with Crippen LogP contribution in [0.25, 0.3) is 16.7 Å². The number of nitrogens with zero attached hydrogens (tertiary/aromatic N) is 5. The first kappa shape index (κ1) is 21.1. The molecule has 0 spiro atoms. The summed E-state index contributed by atoms with van der Waals surface area (Å²) in [5, 5.41) is 4.19. The van der Waals surface area contributed by atoms with Crippen molar-refractivity contribution < 1.29 is 18.0 Å². The van der Waals surface area contributed by atoms with Crippen LogP contribution in [-0.4, -0.2) is 42.2 Å². The first-order valence-electron chi connectivity index (χ1n) is 10.1. The van der Waals surface area contributed by atoms with Crippen LogP contribution in [0, 0.1) is 0 Å². The van der Waals surface area contributed by atoms with Crippen molar-refractivity contribution in [2.45, 2.75) is 57.9 Å². The number of hydrogen-bond donors (Lipinski definition) is 0. The second-order valence-corrected chi connectivity index (χ2v) is 7.95. The maximum absolute atomic E-state index is 13.0. The summed E-state index contributed by atoms with van der Waals surface area (Å²) in [7, 11) is 0. The standard InChI is InChI=1S/C21H22F3N5O2/c1-13-5-3-6-14(2)28(13)18(30)11-27-12-25-19-17(20(27)31)10-26-29(19)16-8-4-7-15(9-16)21(22,23)24/h4,7-10,12-14H,3,5-6,11H2,1-2H3. The SMILES string of the molecule is CC1CCCC(C)N1C(=O)Cn1cnc2c(cnn2-c2cccc(C(F)(F)F)c2)c1=O. The van der Waals surface area contributed by atoms with Crippen molar-refractivity contribution in [3.63, 3.8) is 0 Å². The molecule has 4 rings (SSSR count). The quantitative estimate of drug-likeness (QED) is 0.635. The predicted octanol–water partition coefficient (Wildman–Crippen LogP) is 3.39. The Bertz CT molecular complexity index is 1170. The lowest BCUT2D eigenvalue weighted by atomic mass is 9.97. The fourth-order valence-electron chi connectivity index (χ4n) is 4.20. The third kappa shape index (κ3) is 3.94.